The van der Waals surface area contributed by atoms with E-state index in [0.717, 1.165) is 39.1 Å². The number of hydrogen-bond donors (Lipinski definition) is 1. The Kier molecular flexibility index (Phi) is 7.46. The van der Waals surface area contributed by atoms with E-state index in [4.69, 9.17) is 9.47 Å². The number of benzene rings is 3. The highest BCUT2D eigenvalue weighted by atomic mass is 16.5. The molecular formula is C29H30N6O3. The molecule has 3 aromatic carbocycles. The molecule has 0 amide bonds. The van der Waals surface area contributed by atoms with Gasteiger partial charge in [0.1, 0.15) is 11.5 Å². The molecule has 0 saturated heterocycles. The summed E-state index contributed by atoms with van der Waals surface area (Å²) in [5.41, 5.74) is 4.68. The van der Waals surface area contributed by atoms with E-state index < -0.39 is 0 Å². The Balaban J connectivity index is 1.42. The van der Waals surface area contributed by atoms with Crippen molar-refractivity contribution in [2.24, 2.45) is 0 Å². The number of ether oxygens (including phenoxy) is 2. The molecule has 0 atom stereocenters. The topological polar surface area (TPSA) is 98.2 Å². The number of pyridine rings is 1. The first kappa shape index (κ1) is 25.2. The fourth-order valence-electron chi connectivity index (χ4n) is 4.44. The van der Waals surface area contributed by atoms with Crippen LogP contribution in [0.5, 0.6) is 11.5 Å². The monoisotopic (exact) mass is 510 g/mol. The average molecular weight is 511 g/mol. The number of methoxy groups -OCH3 is 2. The van der Waals surface area contributed by atoms with E-state index in [1.165, 1.54) is 0 Å². The van der Waals surface area contributed by atoms with Crippen LogP contribution in [0.3, 0.4) is 0 Å². The predicted octanol–water partition coefficient (Wildman–Crippen LogP) is 4.09. The Morgan fingerprint density at radius 3 is 2.21 bits per heavy atom. The van der Waals surface area contributed by atoms with Gasteiger partial charge in [-0.3, -0.25) is 9.69 Å². The maximum atomic E-state index is 13.0. The number of H-pyrrole nitrogens is 1. The van der Waals surface area contributed by atoms with Crippen LogP contribution in [0.2, 0.25) is 0 Å². The van der Waals surface area contributed by atoms with E-state index in [1.54, 1.807) is 18.9 Å². The molecule has 0 bridgehead atoms. The predicted molar refractivity (Wildman–Crippen MR) is 145 cm³/mol. The first-order valence-corrected chi connectivity index (χ1v) is 12.4. The van der Waals surface area contributed by atoms with Crippen LogP contribution in [0.15, 0.2) is 77.6 Å². The summed E-state index contributed by atoms with van der Waals surface area (Å²) in [7, 11) is 3.30. The van der Waals surface area contributed by atoms with Gasteiger partial charge in [0, 0.05) is 24.2 Å². The second-order valence-corrected chi connectivity index (χ2v) is 9.31. The summed E-state index contributed by atoms with van der Waals surface area (Å²) in [5, 5.41) is 13.5. The van der Waals surface area contributed by atoms with Crippen LogP contribution < -0.4 is 15.0 Å². The lowest BCUT2D eigenvalue weighted by molar-refractivity contribution is 0.236. The van der Waals surface area contributed by atoms with Crippen LogP contribution in [0.4, 0.5) is 0 Å². The lowest BCUT2D eigenvalue weighted by atomic mass is 10.1. The zero-order chi connectivity index (χ0) is 26.5. The fourth-order valence-corrected chi connectivity index (χ4v) is 4.44. The zero-order valence-corrected chi connectivity index (χ0v) is 21.7. The SMILES string of the molecule is COc1ccc(CN(Cc2cc3ccc(C)cc3[nH]c2=O)Cc2nnnn2Cc2ccc(OC)cc2)cc1. The minimum Gasteiger partial charge on any atom is -0.497 e. The molecular weight excluding hydrogens is 480 g/mol. The van der Waals surface area contributed by atoms with E-state index >= 15 is 0 Å². The molecule has 0 fully saturated rings. The molecule has 0 spiro atoms. The number of nitrogens with zero attached hydrogens (tertiary/aromatic N) is 5. The minimum atomic E-state index is -0.0966. The second-order valence-electron chi connectivity index (χ2n) is 9.31. The largest absolute Gasteiger partial charge is 0.497 e. The molecule has 2 aromatic heterocycles. The van der Waals surface area contributed by atoms with Gasteiger partial charge in [-0.15, -0.1) is 5.10 Å². The minimum absolute atomic E-state index is 0.0966. The fraction of sp³-hybridized carbons (Fsp3) is 0.241. The van der Waals surface area contributed by atoms with Crippen molar-refractivity contribution < 1.29 is 9.47 Å². The number of tetrazole rings is 1. The third kappa shape index (κ3) is 5.90. The molecule has 2 heterocycles. The van der Waals surface area contributed by atoms with E-state index in [2.05, 4.69) is 25.4 Å². The van der Waals surface area contributed by atoms with Crippen LogP contribution in [0.1, 0.15) is 28.1 Å². The summed E-state index contributed by atoms with van der Waals surface area (Å²) in [6, 6.07) is 23.8. The van der Waals surface area contributed by atoms with Crippen molar-refractivity contribution in [3.8, 4) is 11.5 Å². The Bertz CT molecular complexity index is 1580. The molecule has 1 N–H and O–H groups in total. The lowest BCUT2D eigenvalue weighted by Crippen LogP contribution is -2.28. The summed E-state index contributed by atoms with van der Waals surface area (Å²) in [6.07, 6.45) is 0. The first-order chi connectivity index (χ1) is 18.5. The van der Waals surface area contributed by atoms with Crippen LogP contribution in [0.25, 0.3) is 10.9 Å². The van der Waals surface area contributed by atoms with Crippen molar-refractivity contribution in [3.05, 3.63) is 111 Å². The number of fused-ring (bicyclic) bond motifs is 1. The Morgan fingerprint density at radius 2 is 1.53 bits per heavy atom. The van der Waals surface area contributed by atoms with Gasteiger partial charge in [-0.2, -0.15) is 0 Å². The van der Waals surface area contributed by atoms with Crippen molar-refractivity contribution in [2.75, 3.05) is 14.2 Å². The highest BCUT2D eigenvalue weighted by Gasteiger charge is 2.16. The molecule has 38 heavy (non-hydrogen) atoms. The van der Waals surface area contributed by atoms with Gasteiger partial charge in [0.05, 0.1) is 27.3 Å². The molecule has 9 nitrogen and oxygen atoms in total. The van der Waals surface area contributed by atoms with Crippen LogP contribution in [-0.2, 0) is 26.2 Å². The normalized spacial score (nSPS) is 11.3. The van der Waals surface area contributed by atoms with E-state index in [-0.39, 0.29) is 5.56 Å². The van der Waals surface area contributed by atoms with Gasteiger partial charge in [-0.05, 0) is 75.8 Å². The summed E-state index contributed by atoms with van der Waals surface area (Å²) >= 11 is 0. The van der Waals surface area contributed by atoms with Crippen LogP contribution in [0, 0.1) is 6.92 Å². The lowest BCUT2D eigenvalue weighted by Gasteiger charge is -2.22. The van der Waals surface area contributed by atoms with Gasteiger partial charge in [0.25, 0.3) is 5.56 Å². The third-order valence-electron chi connectivity index (χ3n) is 6.50. The zero-order valence-electron chi connectivity index (χ0n) is 21.7. The van der Waals surface area contributed by atoms with Crippen LogP contribution in [-0.4, -0.2) is 44.3 Å². The van der Waals surface area contributed by atoms with Crippen molar-refractivity contribution in [3.63, 3.8) is 0 Å². The van der Waals surface area contributed by atoms with Crippen molar-refractivity contribution >= 4 is 10.9 Å². The van der Waals surface area contributed by atoms with Crippen molar-refractivity contribution in [1.82, 2.24) is 30.1 Å². The summed E-state index contributed by atoms with van der Waals surface area (Å²) in [5.74, 6) is 2.30. The smallest absolute Gasteiger partial charge is 0.252 e. The Hall–Kier alpha value is -4.50. The van der Waals surface area contributed by atoms with Crippen molar-refractivity contribution in [1.29, 1.82) is 0 Å². The van der Waals surface area contributed by atoms with Crippen LogP contribution >= 0.6 is 0 Å². The maximum Gasteiger partial charge on any atom is 0.252 e. The van der Waals surface area contributed by atoms with Gasteiger partial charge in [-0.25, -0.2) is 4.68 Å². The molecule has 0 saturated carbocycles. The molecule has 194 valence electrons. The summed E-state index contributed by atoms with van der Waals surface area (Å²) in [6.45, 7) is 4.03. The number of rotatable bonds is 10. The summed E-state index contributed by atoms with van der Waals surface area (Å²) < 4.78 is 12.4. The van der Waals surface area contributed by atoms with Gasteiger partial charge in [0.2, 0.25) is 0 Å². The Labute approximate surface area is 220 Å². The number of aryl methyl sites for hydroxylation is 1. The molecule has 0 unspecified atom stereocenters. The number of hydrogen-bond acceptors (Lipinski definition) is 7. The number of aromatic amines is 1. The highest BCUT2D eigenvalue weighted by Crippen LogP contribution is 2.19. The highest BCUT2D eigenvalue weighted by molar-refractivity contribution is 5.79. The van der Waals surface area contributed by atoms with E-state index in [1.807, 2.05) is 79.7 Å². The van der Waals surface area contributed by atoms with Gasteiger partial charge in [0.15, 0.2) is 5.82 Å². The second kappa shape index (κ2) is 11.3. The maximum absolute atomic E-state index is 13.0. The van der Waals surface area contributed by atoms with Gasteiger partial charge >= 0.3 is 0 Å². The number of aromatic nitrogens is 5. The van der Waals surface area contributed by atoms with E-state index in [0.29, 0.717) is 37.6 Å². The molecule has 0 aliphatic rings. The molecule has 0 aliphatic carbocycles. The molecule has 0 aliphatic heterocycles. The molecule has 5 aromatic rings. The van der Waals surface area contributed by atoms with Crippen molar-refractivity contribution in [2.45, 2.75) is 33.1 Å². The Morgan fingerprint density at radius 1 is 0.842 bits per heavy atom. The molecule has 9 heteroatoms. The quantitative estimate of drug-likeness (QED) is 0.302. The standard InChI is InChI=1S/C29H30N6O3/c1-20-4-9-23-15-24(29(36)30-27(23)14-20)18-34(16-21-5-10-25(37-2)11-6-21)19-28-31-32-33-35(28)17-22-7-12-26(38-3)13-8-22/h4-15H,16-19H2,1-3H3,(H,30,36). The van der Waals surface area contributed by atoms with Gasteiger partial charge in [-0.1, -0.05) is 36.4 Å². The van der Waals surface area contributed by atoms with E-state index in [9.17, 15) is 4.79 Å². The van der Waals surface area contributed by atoms with Gasteiger partial charge < -0.3 is 14.5 Å². The number of nitrogens with one attached hydrogen (secondary N) is 1. The molecule has 0 radical (unpaired) electrons. The third-order valence-corrected chi connectivity index (χ3v) is 6.50. The molecule has 5 rings (SSSR count). The summed E-state index contributed by atoms with van der Waals surface area (Å²) in [4.78, 5) is 18.2. The first-order valence-electron chi connectivity index (χ1n) is 12.4. The average Bonchev–Trinajstić information content (AvgIpc) is 3.36.